The maximum atomic E-state index is 5.78. The average Bonchev–Trinajstić information content (AvgIpc) is 2.54. The number of nitrogens with zero attached hydrogens (tertiary/aromatic N) is 4. The van der Waals surface area contributed by atoms with E-state index < -0.39 is 0 Å². The number of rotatable bonds is 3. The molecule has 1 heterocycles. The van der Waals surface area contributed by atoms with Gasteiger partial charge in [-0.3, -0.25) is 0 Å². The van der Waals surface area contributed by atoms with Gasteiger partial charge in [-0.15, -0.1) is 24.0 Å². The molecule has 0 fully saturated rings. The van der Waals surface area contributed by atoms with Crippen molar-refractivity contribution in [2.75, 3.05) is 0 Å². The van der Waals surface area contributed by atoms with E-state index in [-0.39, 0.29) is 29.5 Å². The Bertz CT molecular complexity index is 404. The first-order valence-electron chi connectivity index (χ1n) is 5.80. The molecule has 0 saturated carbocycles. The Morgan fingerprint density at radius 3 is 2.44 bits per heavy atom. The van der Waals surface area contributed by atoms with Crippen LogP contribution >= 0.6 is 24.0 Å². The minimum Gasteiger partial charge on any atom is -0.370 e. The van der Waals surface area contributed by atoms with Gasteiger partial charge in [0.15, 0.2) is 5.96 Å². The maximum Gasteiger partial charge on any atom is 0.189 e. The van der Waals surface area contributed by atoms with Gasteiger partial charge in [-0.25, -0.2) is 4.99 Å². The second kappa shape index (κ2) is 6.91. The summed E-state index contributed by atoms with van der Waals surface area (Å²) < 4.78 is 0. The van der Waals surface area contributed by atoms with Crippen LogP contribution in [-0.2, 0) is 13.1 Å². The molecule has 0 atom stereocenters. The number of halogens is 1. The fraction of sp³-hybridized carbons (Fsp3) is 0.727. The van der Waals surface area contributed by atoms with Gasteiger partial charge in [0, 0.05) is 5.54 Å². The summed E-state index contributed by atoms with van der Waals surface area (Å²) in [5.74, 6) is 0.433. The number of hydrogen-bond acceptors (Lipinski definition) is 3. The number of nitrogens with two attached hydrogens (primary N) is 1. The second-order valence-electron chi connectivity index (χ2n) is 5.00. The zero-order valence-corrected chi connectivity index (χ0v) is 14.0. The lowest BCUT2D eigenvalue weighted by molar-refractivity contribution is 0.508. The number of guanidine groups is 1. The van der Waals surface area contributed by atoms with E-state index in [0.29, 0.717) is 12.5 Å². The minimum atomic E-state index is -0.0797. The van der Waals surface area contributed by atoms with Crippen molar-refractivity contribution in [3.8, 4) is 0 Å². The van der Waals surface area contributed by atoms with E-state index in [1.54, 1.807) is 4.80 Å². The Balaban J connectivity index is 0.00000289. The largest absolute Gasteiger partial charge is 0.370 e. The maximum absolute atomic E-state index is 5.78. The van der Waals surface area contributed by atoms with Gasteiger partial charge in [-0.1, -0.05) is 0 Å². The van der Waals surface area contributed by atoms with Gasteiger partial charge in [-0.05, 0) is 34.6 Å². The quantitative estimate of drug-likeness (QED) is 0.482. The Morgan fingerprint density at radius 2 is 2.00 bits per heavy atom. The van der Waals surface area contributed by atoms with E-state index in [1.807, 2.05) is 34.6 Å². The van der Waals surface area contributed by atoms with Crippen LogP contribution in [0.2, 0.25) is 0 Å². The summed E-state index contributed by atoms with van der Waals surface area (Å²) >= 11 is 0. The highest BCUT2D eigenvalue weighted by Gasteiger charge is 2.10. The van der Waals surface area contributed by atoms with Gasteiger partial charge in [0.2, 0.25) is 0 Å². The lowest BCUT2D eigenvalue weighted by Crippen LogP contribution is -2.45. The molecule has 0 aliphatic carbocycles. The van der Waals surface area contributed by atoms with E-state index in [4.69, 9.17) is 5.73 Å². The lowest BCUT2D eigenvalue weighted by Gasteiger charge is -2.20. The smallest absolute Gasteiger partial charge is 0.189 e. The first-order valence-corrected chi connectivity index (χ1v) is 5.80. The Hall–Kier alpha value is -0.860. The molecule has 1 rings (SSSR count). The van der Waals surface area contributed by atoms with Crippen LogP contribution in [0.15, 0.2) is 4.99 Å². The predicted octanol–water partition coefficient (Wildman–Crippen LogP) is 1.43. The van der Waals surface area contributed by atoms with Crippen molar-refractivity contribution in [2.45, 2.75) is 53.2 Å². The van der Waals surface area contributed by atoms with Crippen molar-refractivity contribution in [1.82, 2.24) is 20.3 Å². The lowest BCUT2D eigenvalue weighted by atomic mass is 10.1. The van der Waals surface area contributed by atoms with E-state index >= 15 is 0 Å². The SMILES string of the molecule is CCn1nc(C)c(CN=C(N)NC(C)(C)C)n1.I. The summed E-state index contributed by atoms with van der Waals surface area (Å²) in [5, 5.41) is 11.7. The van der Waals surface area contributed by atoms with Gasteiger partial charge < -0.3 is 11.1 Å². The molecule has 1 aromatic rings. The number of aliphatic imine (C=N–C) groups is 1. The summed E-state index contributed by atoms with van der Waals surface area (Å²) in [4.78, 5) is 5.92. The van der Waals surface area contributed by atoms with Crippen LogP contribution in [0.4, 0.5) is 0 Å². The normalized spacial score (nSPS) is 12.2. The third kappa shape index (κ3) is 5.65. The van der Waals surface area contributed by atoms with E-state index in [1.165, 1.54) is 0 Å². The summed E-state index contributed by atoms with van der Waals surface area (Å²) in [6.07, 6.45) is 0. The van der Waals surface area contributed by atoms with Crippen molar-refractivity contribution in [3.63, 3.8) is 0 Å². The highest BCUT2D eigenvalue weighted by atomic mass is 127. The average molecular weight is 366 g/mol. The summed E-state index contributed by atoms with van der Waals surface area (Å²) in [6.45, 7) is 11.3. The van der Waals surface area contributed by atoms with Crippen molar-refractivity contribution in [3.05, 3.63) is 11.4 Å². The molecule has 0 bridgehead atoms. The third-order valence-corrected chi connectivity index (χ3v) is 2.10. The van der Waals surface area contributed by atoms with Crippen molar-refractivity contribution >= 4 is 29.9 Å². The molecule has 0 saturated heterocycles. The molecule has 18 heavy (non-hydrogen) atoms. The molecular weight excluding hydrogens is 343 g/mol. The number of aromatic nitrogens is 3. The molecular formula is C11H23IN6. The number of nitrogens with one attached hydrogen (secondary N) is 1. The third-order valence-electron chi connectivity index (χ3n) is 2.10. The van der Waals surface area contributed by atoms with Gasteiger partial charge in [-0.2, -0.15) is 15.0 Å². The highest BCUT2D eigenvalue weighted by Crippen LogP contribution is 2.03. The molecule has 0 spiro atoms. The zero-order chi connectivity index (χ0) is 13.1. The van der Waals surface area contributed by atoms with Gasteiger partial charge in [0.1, 0.15) is 5.69 Å². The number of aryl methyl sites for hydroxylation is 2. The Kier molecular flexibility index (Phi) is 6.58. The molecule has 0 aliphatic heterocycles. The first-order chi connectivity index (χ1) is 7.81. The topological polar surface area (TPSA) is 81.1 Å². The minimum absolute atomic E-state index is 0. The molecule has 0 aromatic carbocycles. The van der Waals surface area contributed by atoms with Crippen LogP contribution in [-0.4, -0.2) is 26.5 Å². The molecule has 0 radical (unpaired) electrons. The summed E-state index contributed by atoms with van der Waals surface area (Å²) in [5.41, 5.74) is 7.47. The van der Waals surface area contributed by atoms with E-state index in [9.17, 15) is 0 Å². The van der Waals surface area contributed by atoms with Crippen LogP contribution in [0.3, 0.4) is 0 Å². The van der Waals surface area contributed by atoms with Crippen molar-refractivity contribution in [2.24, 2.45) is 10.7 Å². The monoisotopic (exact) mass is 366 g/mol. The second-order valence-corrected chi connectivity index (χ2v) is 5.00. The summed E-state index contributed by atoms with van der Waals surface area (Å²) in [6, 6.07) is 0. The number of hydrogen-bond donors (Lipinski definition) is 2. The van der Waals surface area contributed by atoms with Crippen LogP contribution in [0.5, 0.6) is 0 Å². The van der Waals surface area contributed by atoms with Gasteiger partial charge >= 0.3 is 0 Å². The fourth-order valence-corrected chi connectivity index (χ4v) is 1.34. The molecule has 104 valence electrons. The molecule has 6 nitrogen and oxygen atoms in total. The molecule has 0 aliphatic rings. The standard InChI is InChI=1S/C11H22N6.HI/c1-6-17-15-8(2)9(16-17)7-13-10(12)14-11(3,4)5;/h6-7H2,1-5H3,(H3,12,13,14);1H. The van der Waals surface area contributed by atoms with Gasteiger partial charge in [0.25, 0.3) is 0 Å². The van der Waals surface area contributed by atoms with Crippen LogP contribution in [0.1, 0.15) is 39.1 Å². The molecule has 7 heteroatoms. The highest BCUT2D eigenvalue weighted by molar-refractivity contribution is 14.0. The summed E-state index contributed by atoms with van der Waals surface area (Å²) in [7, 11) is 0. The van der Waals surface area contributed by atoms with Crippen molar-refractivity contribution < 1.29 is 0 Å². The molecule has 3 N–H and O–H groups in total. The first kappa shape index (κ1) is 17.1. The fourth-order valence-electron chi connectivity index (χ4n) is 1.34. The van der Waals surface area contributed by atoms with E-state index in [0.717, 1.165) is 17.9 Å². The molecule has 0 unspecified atom stereocenters. The van der Waals surface area contributed by atoms with Crippen LogP contribution in [0.25, 0.3) is 0 Å². The van der Waals surface area contributed by atoms with Crippen molar-refractivity contribution in [1.29, 1.82) is 0 Å². The molecule has 1 aromatic heterocycles. The Labute approximate surface area is 125 Å². The predicted molar refractivity (Wildman–Crippen MR) is 84.1 cm³/mol. The van der Waals surface area contributed by atoms with Crippen LogP contribution < -0.4 is 11.1 Å². The Morgan fingerprint density at radius 1 is 1.39 bits per heavy atom. The van der Waals surface area contributed by atoms with Crippen LogP contribution in [0, 0.1) is 6.92 Å². The van der Waals surface area contributed by atoms with E-state index in [2.05, 4.69) is 20.5 Å². The van der Waals surface area contributed by atoms with Gasteiger partial charge in [0.05, 0.1) is 18.8 Å². The zero-order valence-electron chi connectivity index (χ0n) is 11.7. The molecule has 0 amide bonds.